The van der Waals surface area contributed by atoms with Gasteiger partial charge in [-0.2, -0.15) is 0 Å². The number of rotatable bonds is 7. The summed E-state index contributed by atoms with van der Waals surface area (Å²) in [4.78, 5) is 12.5. The number of nitrogens with zero attached hydrogens (tertiary/aromatic N) is 1. The molecule has 1 amide bonds. The van der Waals surface area contributed by atoms with Crippen LogP contribution in [-0.2, 0) is 21.2 Å². The van der Waals surface area contributed by atoms with Crippen molar-refractivity contribution in [2.24, 2.45) is 0 Å². The van der Waals surface area contributed by atoms with Crippen LogP contribution in [0, 0.1) is 0 Å². The lowest BCUT2D eigenvalue weighted by atomic mass is 10.2. The van der Waals surface area contributed by atoms with Crippen LogP contribution in [0.2, 0.25) is 0 Å². The first-order chi connectivity index (χ1) is 13.4. The van der Waals surface area contributed by atoms with Gasteiger partial charge < -0.3 is 14.8 Å². The lowest BCUT2D eigenvalue weighted by Gasteiger charge is -2.33. The molecular weight excluding hydrogens is 380 g/mol. The van der Waals surface area contributed by atoms with E-state index in [0.29, 0.717) is 18.0 Å². The van der Waals surface area contributed by atoms with E-state index in [1.165, 1.54) is 9.87 Å². The number of sulfonamides is 1. The highest BCUT2D eigenvalue weighted by Crippen LogP contribution is 2.34. The Kier molecular flexibility index (Phi) is 6.08. The summed E-state index contributed by atoms with van der Waals surface area (Å²) in [6.45, 7) is 2.61. The molecule has 0 aliphatic carbocycles. The minimum absolute atomic E-state index is 0.0684. The molecule has 1 N–H and O–H groups in total. The number of aryl methyl sites for hydroxylation is 1. The van der Waals surface area contributed by atoms with Crippen molar-refractivity contribution in [3.8, 4) is 11.5 Å². The second kappa shape index (κ2) is 8.52. The fraction of sp³-hybridized carbons (Fsp3) is 0.350. The Morgan fingerprint density at radius 2 is 1.93 bits per heavy atom. The van der Waals surface area contributed by atoms with Crippen LogP contribution in [0.3, 0.4) is 0 Å². The quantitative estimate of drug-likeness (QED) is 0.713. The molecule has 0 spiro atoms. The molecule has 0 radical (unpaired) electrons. The van der Waals surface area contributed by atoms with Gasteiger partial charge in [-0.3, -0.25) is 9.10 Å². The summed E-state index contributed by atoms with van der Waals surface area (Å²) >= 11 is 0. The zero-order valence-electron chi connectivity index (χ0n) is 15.9. The molecule has 3 rings (SSSR count). The predicted octanol–water partition coefficient (Wildman–Crippen LogP) is 1.97. The zero-order chi connectivity index (χ0) is 20.1. The Hall–Kier alpha value is -2.74. The second-order valence-corrected chi connectivity index (χ2v) is 8.41. The van der Waals surface area contributed by atoms with E-state index < -0.39 is 16.1 Å². The van der Waals surface area contributed by atoms with Gasteiger partial charge in [-0.25, -0.2) is 8.42 Å². The highest BCUT2D eigenvalue weighted by atomic mass is 32.2. The number of amides is 1. The molecule has 2 aromatic carbocycles. The lowest BCUT2D eigenvalue weighted by molar-refractivity contribution is -0.127. The van der Waals surface area contributed by atoms with Gasteiger partial charge in [-0.1, -0.05) is 31.2 Å². The second-order valence-electron chi connectivity index (χ2n) is 6.51. The summed E-state index contributed by atoms with van der Waals surface area (Å²) in [6, 6.07) is 14.6. The van der Waals surface area contributed by atoms with Gasteiger partial charge in [0.25, 0.3) is 5.91 Å². The van der Waals surface area contributed by atoms with Gasteiger partial charge in [0.1, 0.15) is 18.1 Å². The zero-order valence-corrected chi connectivity index (χ0v) is 16.7. The van der Waals surface area contributed by atoms with Crippen molar-refractivity contribution in [1.29, 1.82) is 0 Å². The van der Waals surface area contributed by atoms with Crippen molar-refractivity contribution in [2.45, 2.75) is 19.4 Å². The average Bonchev–Trinajstić information content (AvgIpc) is 2.70. The predicted molar refractivity (Wildman–Crippen MR) is 107 cm³/mol. The fourth-order valence-corrected chi connectivity index (χ4v) is 3.85. The van der Waals surface area contributed by atoms with Crippen LogP contribution in [-0.4, -0.2) is 46.4 Å². The summed E-state index contributed by atoms with van der Waals surface area (Å²) in [5, 5.41) is 2.74. The Morgan fingerprint density at radius 1 is 1.21 bits per heavy atom. The highest BCUT2D eigenvalue weighted by molar-refractivity contribution is 7.92. The maximum atomic E-state index is 12.5. The van der Waals surface area contributed by atoms with Crippen molar-refractivity contribution < 1.29 is 22.7 Å². The summed E-state index contributed by atoms with van der Waals surface area (Å²) in [6.07, 6.45) is 1.15. The molecule has 2 aromatic rings. The van der Waals surface area contributed by atoms with Crippen molar-refractivity contribution in [3.05, 3.63) is 54.1 Å². The largest absolute Gasteiger partial charge is 0.492 e. The van der Waals surface area contributed by atoms with Crippen LogP contribution in [0.15, 0.2) is 48.5 Å². The molecule has 0 aromatic heterocycles. The Bertz CT molecular complexity index is 928. The fourth-order valence-electron chi connectivity index (χ4n) is 2.93. The van der Waals surface area contributed by atoms with Crippen molar-refractivity contribution in [3.63, 3.8) is 0 Å². The topological polar surface area (TPSA) is 84.9 Å². The Labute approximate surface area is 165 Å². The first-order valence-corrected chi connectivity index (χ1v) is 11.0. The van der Waals surface area contributed by atoms with Gasteiger partial charge in [0.15, 0.2) is 6.10 Å². The molecular formula is C20H24N2O5S. The minimum atomic E-state index is -3.52. The van der Waals surface area contributed by atoms with E-state index in [9.17, 15) is 13.2 Å². The van der Waals surface area contributed by atoms with Crippen LogP contribution >= 0.6 is 0 Å². The number of benzene rings is 2. The smallest absolute Gasteiger partial charge is 0.263 e. The van der Waals surface area contributed by atoms with Crippen LogP contribution in [0.1, 0.15) is 12.5 Å². The number of carbonyl (C=O) groups is 1. The summed E-state index contributed by atoms with van der Waals surface area (Å²) < 4.78 is 36.7. The highest BCUT2D eigenvalue weighted by Gasteiger charge is 2.34. The number of ether oxygens (including phenoxy) is 2. The van der Waals surface area contributed by atoms with Gasteiger partial charge in [-0.05, 0) is 36.2 Å². The average molecular weight is 404 g/mol. The maximum absolute atomic E-state index is 12.5. The Balaban J connectivity index is 1.55. The van der Waals surface area contributed by atoms with Crippen LogP contribution < -0.4 is 19.1 Å². The van der Waals surface area contributed by atoms with E-state index in [1.807, 2.05) is 24.3 Å². The molecule has 0 saturated heterocycles. The molecule has 1 aliphatic rings. The SMILES string of the molecule is CCc1ccc(OCCNC(=O)C2CN(S(C)(=O)=O)c3ccccc3O2)cc1. The first kappa shape index (κ1) is 20.0. The molecule has 0 bridgehead atoms. The van der Waals surface area contributed by atoms with Crippen LogP contribution in [0.4, 0.5) is 5.69 Å². The summed E-state index contributed by atoms with van der Waals surface area (Å²) in [7, 11) is -3.52. The number of nitrogens with one attached hydrogen (secondary N) is 1. The van der Waals surface area contributed by atoms with Gasteiger partial charge >= 0.3 is 0 Å². The van der Waals surface area contributed by atoms with Crippen molar-refractivity contribution in [1.82, 2.24) is 5.32 Å². The van der Waals surface area contributed by atoms with Gasteiger partial charge in [0, 0.05) is 0 Å². The van der Waals surface area contributed by atoms with Crippen LogP contribution in [0.25, 0.3) is 0 Å². The normalized spacial score (nSPS) is 16.1. The number of fused-ring (bicyclic) bond motifs is 1. The van der Waals surface area contributed by atoms with E-state index in [0.717, 1.165) is 18.4 Å². The van der Waals surface area contributed by atoms with Gasteiger partial charge in [-0.15, -0.1) is 0 Å². The molecule has 0 fully saturated rings. The third-order valence-electron chi connectivity index (χ3n) is 4.43. The number of carbonyl (C=O) groups excluding carboxylic acids is 1. The van der Waals surface area contributed by atoms with Crippen molar-refractivity contribution >= 4 is 21.6 Å². The molecule has 1 aliphatic heterocycles. The van der Waals surface area contributed by atoms with E-state index in [-0.39, 0.29) is 19.0 Å². The lowest BCUT2D eigenvalue weighted by Crippen LogP contribution is -2.51. The Morgan fingerprint density at radius 3 is 2.61 bits per heavy atom. The molecule has 150 valence electrons. The summed E-state index contributed by atoms with van der Waals surface area (Å²) in [5.41, 5.74) is 1.67. The van der Waals surface area contributed by atoms with E-state index in [2.05, 4.69) is 12.2 Å². The maximum Gasteiger partial charge on any atom is 0.263 e. The molecule has 1 atom stereocenters. The monoisotopic (exact) mass is 404 g/mol. The molecule has 8 heteroatoms. The molecule has 28 heavy (non-hydrogen) atoms. The number of hydrogen-bond acceptors (Lipinski definition) is 5. The number of hydrogen-bond donors (Lipinski definition) is 1. The van der Waals surface area contributed by atoms with E-state index in [4.69, 9.17) is 9.47 Å². The number of para-hydroxylation sites is 2. The van der Waals surface area contributed by atoms with Crippen LogP contribution in [0.5, 0.6) is 11.5 Å². The van der Waals surface area contributed by atoms with Crippen molar-refractivity contribution in [2.75, 3.05) is 30.3 Å². The third-order valence-corrected chi connectivity index (χ3v) is 5.58. The molecule has 0 saturated carbocycles. The van der Waals surface area contributed by atoms with E-state index >= 15 is 0 Å². The minimum Gasteiger partial charge on any atom is -0.492 e. The van der Waals surface area contributed by atoms with Gasteiger partial charge in [0.2, 0.25) is 10.0 Å². The molecule has 1 unspecified atom stereocenters. The van der Waals surface area contributed by atoms with E-state index in [1.54, 1.807) is 24.3 Å². The standard InChI is InChI=1S/C20H24N2O5S/c1-3-15-8-10-16(11-9-15)26-13-12-21-20(23)19-14-22(28(2,24)25)17-6-4-5-7-18(17)27-19/h4-11,19H,3,12-14H2,1-2H3,(H,21,23). The van der Waals surface area contributed by atoms with Gasteiger partial charge in [0.05, 0.1) is 25.0 Å². The first-order valence-electron chi connectivity index (χ1n) is 9.11. The molecule has 7 nitrogen and oxygen atoms in total. The summed E-state index contributed by atoms with van der Waals surface area (Å²) in [5.74, 6) is 0.720. The third kappa shape index (κ3) is 4.75. The molecule has 1 heterocycles. The number of anilines is 1.